The Labute approximate surface area is 116 Å². The van der Waals surface area contributed by atoms with Gasteiger partial charge >= 0.3 is 0 Å². The Kier molecular flexibility index (Phi) is 3.06. The maximum Gasteiger partial charge on any atom is 0.248 e. The quantitative estimate of drug-likeness (QED) is 0.781. The highest BCUT2D eigenvalue weighted by atomic mass is 18.2. The third kappa shape index (κ3) is 2.09. The number of anilines is 1. The minimum Gasteiger partial charge on any atom is -0.313 e. The van der Waals surface area contributed by atoms with E-state index in [1.54, 1.807) is 13.1 Å². The number of fused-ring (bicyclic) bond motifs is 1. The Morgan fingerprint density at radius 2 is 1.90 bits per heavy atom. The first-order valence-corrected chi connectivity index (χ1v) is 6.33. The van der Waals surface area contributed by atoms with Crippen LogP contribution in [0.5, 0.6) is 0 Å². The minimum absolute atomic E-state index is 0.0665. The molecule has 2 aromatic carbocycles. The van der Waals surface area contributed by atoms with E-state index in [0.29, 0.717) is 17.0 Å². The van der Waals surface area contributed by atoms with Crippen molar-refractivity contribution in [2.75, 3.05) is 18.5 Å². The van der Waals surface area contributed by atoms with E-state index in [9.17, 15) is 9.18 Å². The number of carbonyl (C=O) groups excluding carboxylic acids is 1. The van der Waals surface area contributed by atoms with Crippen LogP contribution >= 0.6 is 0 Å². The molecule has 0 N–H and O–H groups in total. The zero-order valence-corrected chi connectivity index (χ0v) is 11.0. The SMILES string of the molecule is CN1C(=O)CN=C(c2ccccc2)c2cc([18F])ccc21. The van der Waals surface area contributed by atoms with Crippen LogP contribution in [0.3, 0.4) is 0 Å². The average molecular weight is 267 g/mol. The largest absolute Gasteiger partial charge is 0.313 e. The van der Waals surface area contributed by atoms with E-state index in [1.807, 2.05) is 30.3 Å². The predicted octanol–water partition coefficient (Wildman–Crippen LogP) is 2.64. The summed E-state index contributed by atoms with van der Waals surface area (Å²) in [5.41, 5.74) is 2.85. The predicted molar refractivity (Wildman–Crippen MR) is 76.8 cm³/mol. The van der Waals surface area contributed by atoms with Crippen LogP contribution in [0.15, 0.2) is 53.5 Å². The Bertz CT molecular complexity index is 695. The molecule has 0 fully saturated rings. The van der Waals surface area contributed by atoms with Gasteiger partial charge in [-0.3, -0.25) is 9.79 Å². The van der Waals surface area contributed by atoms with Crippen molar-refractivity contribution in [1.29, 1.82) is 0 Å². The van der Waals surface area contributed by atoms with Crippen molar-refractivity contribution in [3.8, 4) is 0 Å². The van der Waals surface area contributed by atoms with E-state index in [2.05, 4.69) is 4.99 Å². The van der Waals surface area contributed by atoms with Crippen molar-refractivity contribution in [3.63, 3.8) is 0 Å². The second-order valence-corrected chi connectivity index (χ2v) is 4.65. The standard InChI is InChI=1S/C16H13FN2O/c1-19-14-8-7-12(17)9-13(14)16(18-10-15(19)20)11-5-3-2-4-6-11/h2-9H,10H2,1H3/i17-1. The lowest BCUT2D eigenvalue weighted by Gasteiger charge is -2.17. The van der Waals surface area contributed by atoms with Gasteiger partial charge in [0.1, 0.15) is 12.4 Å². The van der Waals surface area contributed by atoms with Gasteiger partial charge in [0.05, 0.1) is 11.4 Å². The Balaban J connectivity index is 2.23. The third-order valence-corrected chi connectivity index (χ3v) is 3.37. The topological polar surface area (TPSA) is 32.7 Å². The summed E-state index contributed by atoms with van der Waals surface area (Å²) in [6.45, 7) is 0.0665. The number of hydrogen-bond acceptors (Lipinski definition) is 2. The summed E-state index contributed by atoms with van der Waals surface area (Å²) < 4.78 is 13.6. The molecule has 0 aliphatic carbocycles. The second-order valence-electron chi connectivity index (χ2n) is 4.65. The summed E-state index contributed by atoms with van der Waals surface area (Å²) in [4.78, 5) is 17.9. The summed E-state index contributed by atoms with van der Waals surface area (Å²) in [6, 6.07) is 13.9. The van der Waals surface area contributed by atoms with Crippen LogP contribution in [0.4, 0.5) is 10.1 Å². The van der Waals surface area contributed by atoms with E-state index in [0.717, 1.165) is 5.56 Å². The number of nitrogens with zero attached hydrogens (tertiary/aromatic N) is 2. The molecule has 1 amide bonds. The highest BCUT2D eigenvalue weighted by molar-refractivity contribution is 6.19. The molecule has 0 aromatic heterocycles. The lowest BCUT2D eigenvalue weighted by molar-refractivity contribution is -0.116. The van der Waals surface area contributed by atoms with Gasteiger partial charge in [-0.15, -0.1) is 0 Å². The first kappa shape index (κ1) is 12.5. The van der Waals surface area contributed by atoms with Crippen molar-refractivity contribution in [1.82, 2.24) is 0 Å². The first-order chi connectivity index (χ1) is 9.66. The number of aliphatic imine (C=N–C) groups is 1. The number of rotatable bonds is 1. The van der Waals surface area contributed by atoms with Crippen LogP contribution in [-0.4, -0.2) is 25.2 Å². The van der Waals surface area contributed by atoms with Crippen LogP contribution in [0.1, 0.15) is 11.1 Å². The summed E-state index contributed by atoms with van der Waals surface area (Å²) in [7, 11) is 1.68. The van der Waals surface area contributed by atoms with Gasteiger partial charge in [-0.2, -0.15) is 0 Å². The van der Waals surface area contributed by atoms with E-state index in [4.69, 9.17) is 0 Å². The van der Waals surface area contributed by atoms with Gasteiger partial charge in [-0.05, 0) is 18.2 Å². The molecule has 2 aromatic rings. The molecule has 3 rings (SSSR count). The molecule has 0 bridgehead atoms. The number of hydrogen-bond donors (Lipinski definition) is 0. The Morgan fingerprint density at radius 1 is 1.15 bits per heavy atom. The van der Waals surface area contributed by atoms with Gasteiger partial charge in [0, 0.05) is 18.2 Å². The fraction of sp³-hybridized carbons (Fsp3) is 0.125. The maximum atomic E-state index is 13.6. The molecule has 0 saturated heterocycles. The van der Waals surface area contributed by atoms with E-state index in [-0.39, 0.29) is 18.3 Å². The summed E-state index contributed by atoms with van der Waals surface area (Å²) in [5, 5.41) is 0. The molecule has 0 spiro atoms. The molecule has 4 heteroatoms. The molecule has 1 aliphatic rings. The molecular weight excluding hydrogens is 254 g/mol. The van der Waals surface area contributed by atoms with E-state index in [1.165, 1.54) is 17.0 Å². The van der Waals surface area contributed by atoms with Crippen LogP contribution in [-0.2, 0) is 4.79 Å². The lowest BCUT2D eigenvalue weighted by Crippen LogP contribution is -2.27. The molecule has 0 radical (unpaired) electrons. The van der Waals surface area contributed by atoms with Crippen molar-refractivity contribution in [2.45, 2.75) is 0 Å². The molecule has 3 nitrogen and oxygen atoms in total. The van der Waals surface area contributed by atoms with Crippen molar-refractivity contribution >= 4 is 17.3 Å². The minimum atomic E-state index is -0.338. The number of benzene rings is 2. The fourth-order valence-corrected chi connectivity index (χ4v) is 2.31. The van der Waals surface area contributed by atoms with E-state index < -0.39 is 0 Å². The summed E-state index contributed by atoms with van der Waals surface area (Å²) in [5.74, 6) is -0.445. The number of carbonyl (C=O) groups is 1. The normalized spacial score (nSPS) is 14.6. The highest BCUT2D eigenvalue weighted by Gasteiger charge is 2.22. The van der Waals surface area contributed by atoms with Gasteiger partial charge < -0.3 is 4.90 Å². The van der Waals surface area contributed by atoms with Crippen LogP contribution in [0, 0.1) is 5.82 Å². The van der Waals surface area contributed by atoms with Crippen molar-refractivity contribution in [2.24, 2.45) is 4.99 Å². The smallest absolute Gasteiger partial charge is 0.248 e. The van der Waals surface area contributed by atoms with Gasteiger partial charge in [0.15, 0.2) is 0 Å². The van der Waals surface area contributed by atoms with Gasteiger partial charge in [-0.25, -0.2) is 4.39 Å². The number of benzodiazepines with no additional fused rings is 1. The van der Waals surface area contributed by atoms with Gasteiger partial charge in [0.25, 0.3) is 0 Å². The zero-order valence-electron chi connectivity index (χ0n) is 11.0. The first-order valence-electron chi connectivity index (χ1n) is 6.33. The van der Waals surface area contributed by atoms with Gasteiger partial charge in [0.2, 0.25) is 5.91 Å². The fourth-order valence-electron chi connectivity index (χ4n) is 2.31. The molecule has 0 unspecified atom stereocenters. The Hall–Kier alpha value is -2.49. The summed E-state index contributed by atoms with van der Waals surface area (Å²) >= 11 is 0. The van der Waals surface area contributed by atoms with Crippen LogP contribution in [0.25, 0.3) is 0 Å². The van der Waals surface area contributed by atoms with Crippen LogP contribution in [0.2, 0.25) is 0 Å². The number of amides is 1. The highest BCUT2D eigenvalue weighted by Crippen LogP contribution is 2.26. The molecule has 1 aliphatic heterocycles. The Morgan fingerprint density at radius 3 is 2.65 bits per heavy atom. The van der Waals surface area contributed by atoms with E-state index >= 15 is 0 Å². The third-order valence-electron chi connectivity index (χ3n) is 3.37. The molecule has 0 atom stereocenters. The molecular formula is C16H13FN2O. The average Bonchev–Trinajstić information content (AvgIpc) is 2.58. The van der Waals surface area contributed by atoms with Crippen molar-refractivity contribution in [3.05, 3.63) is 65.5 Å². The zero-order chi connectivity index (χ0) is 14.1. The number of halogens is 1. The molecule has 1 heterocycles. The monoisotopic (exact) mass is 267 g/mol. The maximum absolute atomic E-state index is 13.6. The summed E-state index contributed by atoms with van der Waals surface area (Å²) in [6.07, 6.45) is 0. The second kappa shape index (κ2) is 4.89. The van der Waals surface area contributed by atoms with Crippen molar-refractivity contribution < 1.29 is 9.18 Å². The lowest BCUT2D eigenvalue weighted by atomic mass is 10.00. The number of likely N-dealkylation sites (N-methyl/N-ethyl adjacent to an activating group) is 1. The van der Waals surface area contributed by atoms with Gasteiger partial charge in [-0.1, -0.05) is 30.3 Å². The molecule has 20 heavy (non-hydrogen) atoms. The molecule has 100 valence electrons. The van der Waals surface area contributed by atoms with Crippen LogP contribution < -0.4 is 4.90 Å². The molecule has 0 saturated carbocycles.